The van der Waals surface area contributed by atoms with Crippen LogP contribution in [0.2, 0.25) is 0 Å². The van der Waals surface area contributed by atoms with E-state index in [1.165, 1.54) is 42.0 Å². The number of pyridine rings is 2. The number of rotatable bonds is 3. The molecule has 0 radical (unpaired) electrons. The zero-order valence-corrected chi connectivity index (χ0v) is 21.2. The van der Waals surface area contributed by atoms with Crippen LogP contribution in [0.15, 0.2) is 128 Å². The van der Waals surface area contributed by atoms with Gasteiger partial charge in [-0.25, -0.2) is 0 Å². The quantitative estimate of drug-likeness (QED) is 0.240. The number of thiophene rings is 1. The summed E-state index contributed by atoms with van der Waals surface area (Å²) in [5.41, 5.74) is 7.81. The van der Waals surface area contributed by atoms with E-state index in [0.29, 0.717) is 0 Å². The maximum atomic E-state index is 4.94. The van der Waals surface area contributed by atoms with Crippen LogP contribution in [0.5, 0.6) is 0 Å². The molecule has 0 fully saturated rings. The number of benzene rings is 4. The second-order valence-electron chi connectivity index (χ2n) is 9.44. The molecule has 4 aromatic carbocycles. The van der Waals surface area contributed by atoms with E-state index in [-0.39, 0.29) is 0 Å². The summed E-state index contributed by atoms with van der Waals surface area (Å²) in [5, 5.41) is 5.01. The summed E-state index contributed by atoms with van der Waals surface area (Å²) in [7, 11) is 0. The fourth-order valence-corrected chi connectivity index (χ4v) is 6.94. The summed E-state index contributed by atoms with van der Waals surface area (Å²) >= 11 is 1.81. The summed E-state index contributed by atoms with van der Waals surface area (Å²) in [6.45, 7) is 0. The Kier molecular flexibility index (Phi) is 4.69. The lowest BCUT2D eigenvalue weighted by molar-refractivity contribution is 1.14. The van der Waals surface area contributed by atoms with Gasteiger partial charge in [-0.15, -0.1) is 11.3 Å². The van der Waals surface area contributed by atoms with Gasteiger partial charge in [0.05, 0.1) is 33.3 Å². The number of hydrogen-bond donors (Lipinski definition) is 0. The standard InChI is InChI=1S/C34H21N3S/c1-2-13-27(33-34-28(18-20-36-33)26-12-5-8-16-32(26)38-34)22(9-1)25-17-19-35-21-31(25)37-29-14-6-3-10-23(29)24-11-4-7-15-30(24)37/h1-21H. The number of para-hydroxylation sites is 2. The minimum Gasteiger partial charge on any atom is -0.307 e. The fourth-order valence-electron chi connectivity index (χ4n) is 5.74. The van der Waals surface area contributed by atoms with E-state index in [1.54, 1.807) is 0 Å². The molecule has 8 aromatic rings. The molecule has 0 aliphatic heterocycles. The summed E-state index contributed by atoms with van der Waals surface area (Å²) in [4.78, 5) is 9.53. The zero-order chi connectivity index (χ0) is 25.1. The first-order valence-electron chi connectivity index (χ1n) is 12.7. The van der Waals surface area contributed by atoms with Gasteiger partial charge in [-0.2, -0.15) is 0 Å². The Morgan fingerprint density at radius 1 is 0.526 bits per heavy atom. The highest BCUT2D eigenvalue weighted by molar-refractivity contribution is 7.26. The number of nitrogens with zero attached hydrogens (tertiary/aromatic N) is 3. The third kappa shape index (κ3) is 3.07. The minimum atomic E-state index is 1.02. The minimum absolute atomic E-state index is 1.02. The van der Waals surface area contributed by atoms with E-state index in [1.807, 2.05) is 29.9 Å². The Hall–Kier alpha value is -4.80. The van der Waals surface area contributed by atoms with Crippen molar-refractivity contribution in [1.82, 2.24) is 14.5 Å². The topological polar surface area (TPSA) is 30.7 Å². The summed E-state index contributed by atoms with van der Waals surface area (Å²) in [5.74, 6) is 0. The molecule has 0 amide bonds. The fraction of sp³-hybridized carbons (Fsp3) is 0. The van der Waals surface area contributed by atoms with E-state index in [9.17, 15) is 0 Å². The van der Waals surface area contributed by atoms with Gasteiger partial charge in [-0.05, 0) is 35.9 Å². The Morgan fingerprint density at radius 3 is 1.97 bits per heavy atom. The molecule has 4 heterocycles. The normalized spacial score (nSPS) is 11.7. The van der Waals surface area contributed by atoms with E-state index < -0.39 is 0 Å². The van der Waals surface area contributed by atoms with Crippen LogP contribution in [0.1, 0.15) is 0 Å². The molecular formula is C34H21N3S. The van der Waals surface area contributed by atoms with Crippen molar-refractivity contribution in [3.8, 4) is 28.1 Å². The van der Waals surface area contributed by atoms with Crippen LogP contribution in [-0.2, 0) is 0 Å². The average molecular weight is 504 g/mol. The molecule has 0 N–H and O–H groups in total. The van der Waals surface area contributed by atoms with Crippen molar-refractivity contribution < 1.29 is 0 Å². The first kappa shape index (κ1) is 21.3. The van der Waals surface area contributed by atoms with Crippen molar-refractivity contribution in [2.75, 3.05) is 0 Å². The molecule has 0 unspecified atom stereocenters. The first-order valence-corrected chi connectivity index (χ1v) is 13.5. The van der Waals surface area contributed by atoms with Crippen molar-refractivity contribution in [1.29, 1.82) is 0 Å². The highest BCUT2D eigenvalue weighted by atomic mass is 32.1. The molecular weight excluding hydrogens is 482 g/mol. The zero-order valence-electron chi connectivity index (χ0n) is 20.4. The van der Waals surface area contributed by atoms with Crippen LogP contribution in [0.3, 0.4) is 0 Å². The molecule has 0 aliphatic rings. The Balaban J connectivity index is 1.43. The highest BCUT2D eigenvalue weighted by Gasteiger charge is 2.19. The van der Waals surface area contributed by atoms with Gasteiger partial charge in [-0.3, -0.25) is 9.97 Å². The van der Waals surface area contributed by atoms with Gasteiger partial charge in [0, 0.05) is 49.8 Å². The first-order chi connectivity index (χ1) is 18.9. The molecule has 0 saturated heterocycles. The summed E-state index contributed by atoms with van der Waals surface area (Å²) in [6, 6.07) is 38.7. The van der Waals surface area contributed by atoms with Crippen LogP contribution in [-0.4, -0.2) is 14.5 Å². The SMILES string of the molecule is c1ccc(-c2nccc3c2sc2ccccc23)c(-c2ccncc2-n2c3ccccc3c3ccccc32)c1. The van der Waals surface area contributed by atoms with Crippen molar-refractivity contribution in [3.63, 3.8) is 0 Å². The highest BCUT2D eigenvalue weighted by Crippen LogP contribution is 2.43. The molecule has 0 aliphatic carbocycles. The number of aromatic nitrogens is 3. The molecule has 38 heavy (non-hydrogen) atoms. The molecule has 0 atom stereocenters. The van der Waals surface area contributed by atoms with Crippen LogP contribution >= 0.6 is 11.3 Å². The largest absolute Gasteiger partial charge is 0.307 e. The van der Waals surface area contributed by atoms with E-state index >= 15 is 0 Å². The van der Waals surface area contributed by atoms with Gasteiger partial charge in [-0.1, -0.05) is 78.9 Å². The lowest BCUT2D eigenvalue weighted by Crippen LogP contribution is -1.99. The maximum Gasteiger partial charge on any atom is 0.0886 e. The van der Waals surface area contributed by atoms with Crippen LogP contribution in [0.25, 0.3) is 70.0 Å². The second kappa shape index (κ2) is 8.37. The summed E-state index contributed by atoms with van der Waals surface area (Å²) < 4.78 is 4.84. The van der Waals surface area contributed by atoms with Crippen LogP contribution in [0.4, 0.5) is 0 Å². The van der Waals surface area contributed by atoms with E-state index in [4.69, 9.17) is 4.98 Å². The van der Waals surface area contributed by atoms with Crippen molar-refractivity contribution >= 4 is 53.3 Å². The smallest absolute Gasteiger partial charge is 0.0886 e. The third-order valence-electron chi connectivity index (χ3n) is 7.39. The van der Waals surface area contributed by atoms with Gasteiger partial charge >= 0.3 is 0 Å². The van der Waals surface area contributed by atoms with Gasteiger partial charge in [0.25, 0.3) is 0 Å². The Labute approximate surface area is 223 Å². The Morgan fingerprint density at radius 2 is 1.18 bits per heavy atom. The monoisotopic (exact) mass is 503 g/mol. The molecule has 0 saturated carbocycles. The molecule has 4 heteroatoms. The lowest BCUT2D eigenvalue weighted by atomic mass is 9.96. The average Bonchev–Trinajstić information content (AvgIpc) is 3.53. The van der Waals surface area contributed by atoms with Gasteiger partial charge < -0.3 is 4.57 Å². The van der Waals surface area contributed by atoms with Gasteiger partial charge in [0.15, 0.2) is 0 Å². The molecule has 178 valence electrons. The van der Waals surface area contributed by atoms with Crippen LogP contribution < -0.4 is 0 Å². The predicted molar refractivity (Wildman–Crippen MR) is 160 cm³/mol. The van der Waals surface area contributed by atoms with Crippen molar-refractivity contribution in [2.45, 2.75) is 0 Å². The second-order valence-corrected chi connectivity index (χ2v) is 10.5. The number of fused-ring (bicyclic) bond motifs is 6. The molecule has 3 nitrogen and oxygen atoms in total. The van der Waals surface area contributed by atoms with E-state index in [0.717, 1.165) is 28.1 Å². The van der Waals surface area contributed by atoms with Gasteiger partial charge in [0.1, 0.15) is 0 Å². The molecule has 0 bridgehead atoms. The lowest BCUT2D eigenvalue weighted by Gasteiger charge is -2.16. The predicted octanol–water partition coefficient (Wildman–Crippen LogP) is 9.28. The third-order valence-corrected chi connectivity index (χ3v) is 8.58. The molecule has 8 rings (SSSR count). The summed E-state index contributed by atoms with van der Waals surface area (Å²) in [6.07, 6.45) is 5.81. The Bertz CT molecular complexity index is 2100. The van der Waals surface area contributed by atoms with Crippen LogP contribution in [0, 0.1) is 0 Å². The van der Waals surface area contributed by atoms with Gasteiger partial charge in [0.2, 0.25) is 0 Å². The molecule has 0 spiro atoms. The maximum absolute atomic E-state index is 4.94. The van der Waals surface area contributed by atoms with E-state index in [2.05, 4.69) is 119 Å². The van der Waals surface area contributed by atoms with Crippen molar-refractivity contribution in [2.24, 2.45) is 0 Å². The molecule has 4 aromatic heterocycles. The number of hydrogen-bond acceptors (Lipinski definition) is 3. The van der Waals surface area contributed by atoms with Crippen molar-refractivity contribution in [3.05, 3.63) is 128 Å².